The molecule has 0 spiro atoms. The van der Waals surface area contributed by atoms with Crippen LogP contribution in [0.15, 0.2) is 108 Å². The van der Waals surface area contributed by atoms with Gasteiger partial charge >= 0.3 is 0 Å². The van der Waals surface area contributed by atoms with Crippen molar-refractivity contribution in [2.24, 2.45) is 0 Å². The van der Waals surface area contributed by atoms with Gasteiger partial charge in [-0.3, -0.25) is 0 Å². The van der Waals surface area contributed by atoms with Crippen molar-refractivity contribution >= 4 is 10.0 Å². The summed E-state index contributed by atoms with van der Waals surface area (Å²) < 4.78 is 29.2. The Kier molecular flexibility index (Phi) is 6.03. The van der Waals surface area contributed by atoms with Crippen LogP contribution in [0.25, 0.3) is 11.1 Å². The Balaban J connectivity index is 1.72. The third-order valence-corrected chi connectivity index (χ3v) is 6.77. The Hall–Kier alpha value is -3.21. The van der Waals surface area contributed by atoms with Gasteiger partial charge in [-0.2, -0.15) is 4.72 Å². The van der Waals surface area contributed by atoms with Gasteiger partial charge in [0.25, 0.3) is 0 Å². The fraction of sp³-hybridized carbons (Fsp3) is 0.111. The van der Waals surface area contributed by atoms with Crippen molar-refractivity contribution in [3.05, 3.63) is 125 Å². The van der Waals surface area contributed by atoms with E-state index < -0.39 is 16.1 Å². The maximum Gasteiger partial charge on any atom is 0.241 e. The number of aryl methyl sites for hydroxylation is 2. The van der Waals surface area contributed by atoms with Gasteiger partial charge in [0.05, 0.1) is 10.9 Å². The predicted molar refractivity (Wildman–Crippen MR) is 126 cm³/mol. The van der Waals surface area contributed by atoms with E-state index in [4.69, 9.17) is 0 Å². The summed E-state index contributed by atoms with van der Waals surface area (Å²) in [5.41, 5.74) is 6.11. The van der Waals surface area contributed by atoms with Crippen LogP contribution in [0.1, 0.15) is 28.3 Å². The number of benzene rings is 4. The van der Waals surface area contributed by atoms with Crippen molar-refractivity contribution in [2.45, 2.75) is 24.8 Å². The van der Waals surface area contributed by atoms with Gasteiger partial charge in [-0.15, -0.1) is 0 Å². The molecule has 0 aromatic heterocycles. The molecule has 0 aliphatic heterocycles. The molecule has 0 saturated carbocycles. The van der Waals surface area contributed by atoms with E-state index in [9.17, 15) is 8.42 Å². The van der Waals surface area contributed by atoms with Crippen molar-refractivity contribution in [3.8, 4) is 11.1 Å². The smallest absolute Gasteiger partial charge is 0.207 e. The average Bonchev–Trinajstić information content (AvgIpc) is 2.79. The highest BCUT2D eigenvalue weighted by atomic mass is 32.2. The van der Waals surface area contributed by atoms with E-state index in [1.165, 1.54) is 0 Å². The SMILES string of the molecule is Cc1ccc(S(=O)(=O)N[C@@H](c2ccc(-c3ccccc3)cc2)c2cccc(C)c2)cc1. The zero-order valence-electron chi connectivity index (χ0n) is 17.6. The van der Waals surface area contributed by atoms with Gasteiger partial charge in [-0.1, -0.05) is 102 Å². The van der Waals surface area contributed by atoms with Crippen LogP contribution in [0.4, 0.5) is 0 Å². The van der Waals surface area contributed by atoms with E-state index in [1.54, 1.807) is 12.1 Å². The molecule has 0 aliphatic carbocycles. The van der Waals surface area contributed by atoms with Crippen LogP contribution in [-0.2, 0) is 10.0 Å². The van der Waals surface area contributed by atoms with Crippen LogP contribution in [0.5, 0.6) is 0 Å². The molecule has 0 fully saturated rings. The molecule has 4 aromatic carbocycles. The molecule has 1 atom stereocenters. The number of sulfonamides is 1. The average molecular weight is 428 g/mol. The Labute approximate surface area is 184 Å². The topological polar surface area (TPSA) is 46.2 Å². The highest BCUT2D eigenvalue weighted by molar-refractivity contribution is 7.89. The zero-order chi connectivity index (χ0) is 21.8. The number of hydrogen-bond donors (Lipinski definition) is 1. The summed E-state index contributed by atoms with van der Waals surface area (Å²) in [6.07, 6.45) is 0. The first kappa shape index (κ1) is 21.0. The molecule has 0 unspecified atom stereocenters. The fourth-order valence-electron chi connectivity index (χ4n) is 3.62. The van der Waals surface area contributed by atoms with Crippen LogP contribution in [0.2, 0.25) is 0 Å². The third-order valence-electron chi connectivity index (χ3n) is 5.33. The summed E-state index contributed by atoms with van der Waals surface area (Å²) in [5.74, 6) is 0. The van der Waals surface area contributed by atoms with Crippen LogP contribution in [-0.4, -0.2) is 8.42 Å². The highest BCUT2D eigenvalue weighted by Crippen LogP contribution is 2.28. The molecule has 0 aliphatic rings. The van der Waals surface area contributed by atoms with Crippen LogP contribution in [0, 0.1) is 13.8 Å². The van der Waals surface area contributed by atoms with Crippen molar-refractivity contribution in [3.63, 3.8) is 0 Å². The summed E-state index contributed by atoms with van der Waals surface area (Å²) >= 11 is 0. The monoisotopic (exact) mass is 427 g/mol. The van der Waals surface area contributed by atoms with Crippen molar-refractivity contribution in [1.82, 2.24) is 4.72 Å². The van der Waals surface area contributed by atoms with Gasteiger partial charge in [0.2, 0.25) is 10.0 Å². The number of nitrogens with one attached hydrogen (secondary N) is 1. The third kappa shape index (κ3) is 4.93. The molecule has 0 amide bonds. The molecule has 1 N–H and O–H groups in total. The molecule has 0 radical (unpaired) electrons. The highest BCUT2D eigenvalue weighted by Gasteiger charge is 2.23. The summed E-state index contributed by atoms with van der Waals surface area (Å²) in [6, 6.07) is 32.5. The lowest BCUT2D eigenvalue weighted by Gasteiger charge is -2.21. The molecule has 4 aromatic rings. The predicted octanol–water partition coefficient (Wildman–Crippen LogP) is 6.04. The lowest BCUT2D eigenvalue weighted by Crippen LogP contribution is -2.29. The molecule has 3 nitrogen and oxygen atoms in total. The van der Waals surface area contributed by atoms with Crippen LogP contribution >= 0.6 is 0 Å². The van der Waals surface area contributed by atoms with Crippen molar-refractivity contribution in [2.75, 3.05) is 0 Å². The molecule has 0 heterocycles. The molecule has 31 heavy (non-hydrogen) atoms. The van der Waals surface area contributed by atoms with E-state index in [-0.39, 0.29) is 4.90 Å². The van der Waals surface area contributed by atoms with Crippen molar-refractivity contribution in [1.29, 1.82) is 0 Å². The standard InChI is InChI=1S/C27H25NO2S/c1-20-11-17-26(18-12-20)31(29,30)28-27(25-10-6-7-21(2)19-25)24-15-13-23(14-16-24)22-8-4-3-5-9-22/h3-19,27-28H,1-2H3/t27-/m0/s1. The normalized spacial score (nSPS) is 12.5. The Morgan fingerprint density at radius 1 is 0.613 bits per heavy atom. The first-order valence-corrected chi connectivity index (χ1v) is 11.7. The van der Waals surface area contributed by atoms with E-state index in [2.05, 4.69) is 16.9 Å². The first-order chi connectivity index (χ1) is 14.9. The quantitative estimate of drug-likeness (QED) is 0.408. The van der Waals surface area contributed by atoms with Gasteiger partial charge in [0, 0.05) is 0 Å². The maximum atomic E-state index is 13.2. The van der Waals surface area contributed by atoms with Gasteiger partial charge in [0.15, 0.2) is 0 Å². The van der Waals surface area contributed by atoms with Gasteiger partial charge in [-0.25, -0.2) is 8.42 Å². The lowest BCUT2D eigenvalue weighted by atomic mass is 9.96. The van der Waals surface area contributed by atoms with E-state index in [0.29, 0.717) is 0 Å². The minimum Gasteiger partial charge on any atom is -0.207 e. The molecule has 4 rings (SSSR count). The van der Waals surface area contributed by atoms with E-state index in [1.807, 2.05) is 92.7 Å². The van der Waals surface area contributed by atoms with Crippen LogP contribution < -0.4 is 4.72 Å². The van der Waals surface area contributed by atoms with Gasteiger partial charge in [-0.05, 0) is 48.2 Å². The lowest BCUT2D eigenvalue weighted by molar-refractivity contribution is 0.572. The van der Waals surface area contributed by atoms with E-state index >= 15 is 0 Å². The molecule has 0 saturated heterocycles. The summed E-state index contributed by atoms with van der Waals surface area (Å²) in [6.45, 7) is 3.95. The summed E-state index contributed by atoms with van der Waals surface area (Å²) in [4.78, 5) is 0.261. The second kappa shape index (κ2) is 8.88. The molecular weight excluding hydrogens is 402 g/mol. The Morgan fingerprint density at radius 2 is 1.26 bits per heavy atom. The Bertz CT molecular complexity index is 1260. The molecule has 4 heteroatoms. The Morgan fingerprint density at radius 3 is 1.90 bits per heavy atom. The molecule has 0 bridgehead atoms. The molecular formula is C27H25NO2S. The summed E-state index contributed by atoms with van der Waals surface area (Å²) in [5, 5.41) is 0. The fourth-order valence-corrected chi connectivity index (χ4v) is 4.83. The second-order valence-electron chi connectivity index (χ2n) is 7.77. The first-order valence-electron chi connectivity index (χ1n) is 10.2. The largest absolute Gasteiger partial charge is 0.241 e. The number of hydrogen-bond acceptors (Lipinski definition) is 2. The van der Waals surface area contributed by atoms with Crippen molar-refractivity contribution < 1.29 is 8.42 Å². The summed E-state index contributed by atoms with van der Waals surface area (Å²) in [7, 11) is -3.70. The van der Waals surface area contributed by atoms with Gasteiger partial charge < -0.3 is 0 Å². The maximum absolute atomic E-state index is 13.2. The zero-order valence-corrected chi connectivity index (χ0v) is 18.4. The van der Waals surface area contributed by atoms with Crippen LogP contribution in [0.3, 0.4) is 0 Å². The molecule has 156 valence electrons. The second-order valence-corrected chi connectivity index (χ2v) is 9.48. The number of rotatable bonds is 6. The minimum atomic E-state index is -3.70. The minimum absolute atomic E-state index is 0.261. The van der Waals surface area contributed by atoms with E-state index in [0.717, 1.165) is 33.4 Å². The van der Waals surface area contributed by atoms with Gasteiger partial charge in [0.1, 0.15) is 0 Å².